The van der Waals surface area contributed by atoms with E-state index < -0.39 is 10.0 Å². The molecule has 1 fully saturated rings. The fourth-order valence-electron chi connectivity index (χ4n) is 2.39. The van der Waals surface area contributed by atoms with E-state index >= 15 is 0 Å². The SMILES string of the molecule is Cc1cccc(OCNC(=O)N2CCN(S(C)(=O)=O)CC2)c1C. The van der Waals surface area contributed by atoms with Crippen molar-refractivity contribution in [2.24, 2.45) is 0 Å². The summed E-state index contributed by atoms with van der Waals surface area (Å²) >= 11 is 0. The number of urea groups is 1. The third-order valence-corrected chi connectivity index (χ3v) is 5.30. The number of ether oxygens (including phenoxy) is 1. The van der Waals surface area contributed by atoms with E-state index in [4.69, 9.17) is 4.74 Å². The molecular weight excluding hydrogens is 318 g/mol. The Morgan fingerprint density at radius 3 is 2.48 bits per heavy atom. The molecule has 0 radical (unpaired) electrons. The first-order chi connectivity index (χ1) is 10.8. The van der Waals surface area contributed by atoms with Gasteiger partial charge in [-0.2, -0.15) is 4.31 Å². The van der Waals surface area contributed by atoms with Crippen LogP contribution in [-0.2, 0) is 10.0 Å². The summed E-state index contributed by atoms with van der Waals surface area (Å²) in [6.07, 6.45) is 1.18. The lowest BCUT2D eigenvalue weighted by atomic mass is 10.1. The summed E-state index contributed by atoms with van der Waals surface area (Å²) in [5.74, 6) is 0.743. The number of benzene rings is 1. The molecule has 0 aliphatic carbocycles. The number of carbonyl (C=O) groups is 1. The standard InChI is InChI=1S/C15H23N3O4S/c1-12-5-4-6-14(13(12)2)22-11-16-15(19)17-7-9-18(10-8-17)23(3,20)21/h4-6H,7-11H2,1-3H3,(H,16,19). The molecule has 1 saturated heterocycles. The van der Waals surface area contributed by atoms with Gasteiger partial charge in [0, 0.05) is 26.2 Å². The normalized spacial score (nSPS) is 16.2. The van der Waals surface area contributed by atoms with Crippen LogP contribution in [0.4, 0.5) is 4.79 Å². The van der Waals surface area contributed by atoms with Crippen molar-refractivity contribution >= 4 is 16.1 Å². The Hall–Kier alpha value is -1.80. The Labute approximate surface area is 137 Å². The molecule has 23 heavy (non-hydrogen) atoms. The smallest absolute Gasteiger partial charge is 0.320 e. The van der Waals surface area contributed by atoms with Crippen molar-refractivity contribution in [2.45, 2.75) is 13.8 Å². The molecule has 2 amide bonds. The number of rotatable bonds is 4. The Balaban J connectivity index is 1.79. The van der Waals surface area contributed by atoms with Crippen molar-refractivity contribution in [3.8, 4) is 5.75 Å². The lowest BCUT2D eigenvalue weighted by molar-refractivity contribution is 0.162. The summed E-state index contributed by atoms with van der Waals surface area (Å²) in [6, 6.07) is 5.52. The molecule has 1 N–H and O–H groups in total. The molecule has 0 atom stereocenters. The van der Waals surface area contributed by atoms with Crippen LogP contribution in [0, 0.1) is 13.8 Å². The van der Waals surface area contributed by atoms with E-state index in [-0.39, 0.29) is 12.8 Å². The fraction of sp³-hybridized carbons (Fsp3) is 0.533. The van der Waals surface area contributed by atoms with Gasteiger partial charge < -0.3 is 15.0 Å². The number of nitrogens with zero attached hydrogens (tertiary/aromatic N) is 2. The summed E-state index contributed by atoms with van der Waals surface area (Å²) in [7, 11) is -3.19. The second-order valence-corrected chi connectivity index (χ2v) is 7.60. The first-order valence-corrected chi connectivity index (χ1v) is 9.31. The van der Waals surface area contributed by atoms with Crippen LogP contribution in [-0.4, -0.2) is 62.8 Å². The predicted molar refractivity (Wildman–Crippen MR) is 87.9 cm³/mol. The molecule has 1 heterocycles. The van der Waals surface area contributed by atoms with E-state index in [2.05, 4.69) is 5.32 Å². The van der Waals surface area contributed by atoms with Gasteiger partial charge in [-0.05, 0) is 31.0 Å². The van der Waals surface area contributed by atoms with E-state index in [1.165, 1.54) is 10.6 Å². The molecular formula is C15H23N3O4S. The van der Waals surface area contributed by atoms with E-state index in [1.807, 2.05) is 32.0 Å². The fourth-order valence-corrected chi connectivity index (χ4v) is 3.22. The molecule has 0 bridgehead atoms. The Kier molecular flexibility index (Phi) is 5.48. The first kappa shape index (κ1) is 17.6. The summed E-state index contributed by atoms with van der Waals surface area (Å²) < 4.78 is 29.8. The van der Waals surface area contributed by atoms with Crippen molar-refractivity contribution in [1.29, 1.82) is 0 Å². The highest BCUT2D eigenvalue weighted by molar-refractivity contribution is 7.88. The maximum atomic E-state index is 12.1. The summed E-state index contributed by atoms with van der Waals surface area (Å²) in [4.78, 5) is 13.7. The molecule has 8 heteroatoms. The number of nitrogens with one attached hydrogen (secondary N) is 1. The third kappa shape index (κ3) is 4.59. The second kappa shape index (κ2) is 7.18. The topological polar surface area (TPSA) is 79.0 Å². The molecule has 0 aromatic heterocycles. The van der Waals surface area contributed by atoms with E-state index in [1.54, 1.807) is 4.90 Å². The lowest BCUT2D eigenvalue weighted by Gasteiger charge is -2.33. The Morgan fingerprint density at radius 1 is 1.22 bits per heavy atom. The highest BCUT2D eigenvalue weighted by atomic mass is 32.2. The van der Waals surface area contributed by atoms with Crippen LogP contribution in [0.2, 0.25) is 0 Å². The van der Waals surface area contributed by atoms with Gasteiger partial charge in [0.15, 0.2) is 6.73 Å². The highest BCUT2D eigenvalue weighted by Gasteiger charge is 2.25. The molecule has 128 valence electrons. The van der Waals surface area contributed by atoms with Gasteiger partial charge in [0.1, 0.15) is 5.75 Å². The second-order valence-electron chi connectivity index (χ2n) is 5.62. The largest absolute Gasteiger partial charge is 0.473 e. The third-order valence-electron chi connectivity index (χ3n) is 4.00. The van der Waals surface area contributed by atoms with E-state index in [9.17, 15) is 13.2 Å². The maximum Gasteiger partial charge on any atom is 0.320 e. The van der Waals surface area contributed by atoms with Crippen molar-refractivity contribution in [3.05, 3.63) is 29.3 Å². The molecule has 1 aliphatic rings. The first-order valence-electron chi connectivity index (χ1n) is 7.46. The van der Waals surface area contributed by atoms with Crippen LogP contribution in [0.3, 0.4) is 0 Å². The zero-order chi connectivity index (χ0) is 17.0. The minimum Gasteiger partial charge on any atom is -0.473 e. The summed E-state index contributed by atoms with van der Waals surface area (Å²) in [5, 5.41) is 2.70. The van der Waals surface area contributed by atoms with E-state index in [0.29, 0.717) is 26.2 Å². The quantitative estimate of drug-likeness (QED) is 0.826. The zero-order valence-electron chi connectivity index (χ0n) is 13.7. The molecule has 2 rings (SSSR count). The van der Waals surface area contributed by atoms with Gasteiger partial charge in [-0.3, -0.25) is 0 Å². The van der Waals surface area contributed by atoms with Gasteiger partial charge in [0.05, 0.1) is 6.26 Å². The van der Waals surface area contributed by atoms with Gasteiger partial charge in [0.25, 0.3) is 0 Å². The van der Waals surface area contributed by atoms with Gasteiger partial charge >= 0.3 is 6.03 Å². The number of carbonyl (C=O) groups excluding carboxylic acids is 1. The summed E-state index contributed by atoms with van der Waals surface area (Å²) in [6.45, 7) is 5.45. The molecule has 0 unspecified atom stereocenters. The average Bonchev–Trinajstić information content (AvgIpc) is 2.50. The Morgan fingerprint density at radius 2 is 1.87 bits per heavy atom. The van der Waals surface area contributed by atoms with E-state index in [0.717, 1.165) is 16.9 Å². The van der Waals surface area contributed by atoms with Gasteiger partial charge in [-0.25, -0.2) is 13.2 Å². The summed E-state index contributed by atoms with van der Waals surface area (Å²) in [5.41, 5.74) is 2.18. The maximum absolute atomic E-state index is 12.1. The van der Waals surface area contributed by atoms with Crippen LogP contribution in [0.25, 0.3) is 0 Å². The number of hydrogen-bond donors (Lipinski definition) is 1. The van der Waals surface area contributed by atoms with Gasteiger partial charge in [0.2, 0.25) is 10.0 Å². The van der Waals surface area contributed by atoms with Crippen molar-refractivity contribution < 1.29 is 17.9 Å². The zero-order valence-corrected chi connectivity index (χ0v) is 14.5. The predicted octanol–water partition coefficient (Wildman–Crippen LogP) is 0.927. The van der Waals surface area contributed by atoms with Crippen LogP contribution in [0.5, 0.6) is 5.75 Å². The van der Waals surface area contributed by atoms with Crippen LogP contribution in [0.1, 0.15) is 11.1 Å². The van der Waals surface area contributed by atoms with Gasteiger partial charge in [-0.15, -0.1) is 0 Å². The van der Waals surface area contributed by atoms with Gasteiger partial charge in [-0.1, -0.05) is 12.1 Å². The number of amides is 2. The van der Waals surface area contributed by atoms with Crippen LogP contribution >= 0.6 is 0 Å². The highest BCUT2D eigenvalue weighted by Crippen LogP contribution is 2.20. The van der Waals surface area contributed by atoms with Crippen molar-refractivity contribution in [2.75, 3.05) is 39.2 Å². The molecule has 0 saturated carbocycles. The minimum absolute atomic E-state index is 0.0788. The molecule has 1 aromatic carbocycles. The number of sulfonamides is 1. The lowest BCUT2D eigenvalue weighted by Crippen LogP contribution is -2.53. The van der Waals surface area contributed by atoms with Crippen LogP contribution < -0.4 is 10.1 Å². The molecule has 1 aromatic rings. The van der Waals surface area contributed by atoms with Crippen molar-refractivity contribution in [3.63, 3.8) is 0 Å². The molecule has 0 spiro atoms. The molecule has 7 nitrogen and oxygen atoms in total. The van der Waals surface area contributed by atoms with Crippen LogP contribution in [0.15, 0.2) is 18.2 Å². The Bertz CT molecular complexity index is 667. The molecule has 1 aliphatic heterocycles. The number of piperazine rings is 1. The average molecular weight is 341 g/mol. The van der Waals surface area contributed by atoms with Crippen molar-refractivity contribution in [1.82, 2.24) is 14.5 Å². The monoisotopic (exact) mass is 341 g/mol. The minimum atomic E-state index is -3.19. The number of hydrogen-bond acceptors (Lipinski definition) is 4. The number of aryl methyl sites for hydroxylation is 1.